The number of Topliss-reactive ketones (excluding diaryl/α,β-unsaturated/α-hetero) is 1. The topological polar surface area (TPSA) is 76.9 Å². The summed E-state index contributed by atoms with van der Waals surface area (Å²) in [5.74, 6) is 0.873. The Morgan fingerprint density at radius 2 is 1.75 bits per heavy atom. The Morgan fingerprint density at radius 3 is 2.38 bits per heavy atom. The van der Waals surface area contributed by atoms with Gasteiger partial charge in [0.15, 0.2) is 10.9 Å². The van der Waals surface area contributed by atoms with Crippen LogP contribution in [-0.2, 0) is 17.6 Å². The maximum absolute atomic E-state index is 12.7. The number of rotatable bonds is 10. The summed E-state index contributed by atoms with van der Waals surface area (Å²) in [5.41, 5.74) is 2.59. The molecule has 0 bridgehead atoms. The van der Waals surface area contributed by atoms with Gasteiger partial charge in [-0.05, 0) is 36.6 Å². The molecule has 3 rings (SSSR count). The number of aryl methyl sites for hydroxylation is 2. The molecule has 6 nitrogen and oxygen atoms in total. The molecule has 0 aliphatic carbocycles. The van der Waals surface area contributed by atoms with Gasteiger partial charge in [-0.2, -0.15) is 0 Å². The molecule has 3 aromatic rings. The summed E-state index contributed by atoms with van der Waals surface area (Å²) in [5, 5.41) is 13.0. The lowest BCUT2D eigenvalue weighted by Gasteiger charge is -2.11. The third-order valence-electron chi connectivity index (χ3n) is 4.77. The lowest BCUT2D eigenvalue weighted by molar-refractivity contribution is -0.118. The zero-order chi connectivity index (χ0) is 23.1. The highest BCUT2D eigenvalue weighted by Gasteiger charge is 2.17. The van der Waals surface area contributed by atoms with Crippen LogP contribution in [0.3, 0.4) is 0 Å². The number of carbonyl (C=O) groups is 2. The number of aromatic nitrogens is 3. The van der Waals surface area contributed by atoms with E-state index in [1.807, 2.05) is 28.8 Å². The van der Waals surface area contributed by atoms with Gasteiger partial charge >= 0.3 is 0 Å². The van der Waals surface area contributed by atoms with Crippen LogP contribution in [-0.4, -0.2) is 38.8 Å². The zero-order valence-corrected chi connectivity index (χ0v) is 20.2. The molecular formula is C23H24Cl2N4O2S. The highest BCUT2D eigenvalue weighted by Crippen LogP contribution is 2.28. The van der Waals surface area contributed by atoms with Gasteiger partial charge in [-0.15, -0.1) is 10.2 Å². The van der Waals surface area contributed by atoms with E-state index in [4.69, 9.17) is 23.2 Å². The van der Waals surface area contributed by atoms with E-state index in [0.717, 1.165) is 12.1 Å². The lowest BCUT2D eigenvalue weighted by atomic mass is 10.1. The first-order valence-corrected chi connectivity index (χ1v) is 12.0. The number of thioether (sulfide) groups is 1. The van der Waals surface area contributed by atoms with Gasteiger partial charge in [-0.25, -0.2) is 0 Å². The van der Waals surface area contributed by atoms with Gasteiger partial charge in [0.05, 0.1) is 11.4 Å². The molecule has 0 fully saturated rings. The van der Waals surface area contributed by atoms with E-state index in [9.17, 15) is 9.59 Å². The van der Waals surface area contributed by atoms with Crippen LogP contribution in [0.4, 0.5) is 0 Å². The molecule has 0 unspecified atom stereocenters. The first-order valence-electron chi connectivity index (χ1n) is 10.3. The van der Waals surface area contributed by atoms with E-state index in [2.05, 4.69) is 22.4 Å². The number of hydrogen-bond donors (Lipinski definition) is 1. The average Bonchev–Trinajstić information content (AvgIpc) is 3.17. The maximum atomic E-state index is 12.7. The molecule has 2 aromatic carbocycles. The molecular weight excluding hydrogens is 467 g/mol. The Morgan fingerprint density at radius 1 is 1.06 bits per heavy atom. The minimum Gasteiger partial charge on any atom is -0.356 e. The van der Waals surface area contributed by atoms with Crippen LogP contribution in [0.5, 0.6) is 0 Å². The number of amides is 1. The molecule has 1 amide bonds. The Labute approximate surface area is 201 Å². The van der Waals surface area contributed by atoms with Gasteiger partial charge in [0, 0.05) is 35.5 Å². The quantitative estimate of drug-likeness (QED) is 0.240. The summed E-state index contributed by atoms with van der Waals surface area (Å²) in [6, 6.07) is 12.9. The van der Waals surface area contributed by atoms with Gasteiger partial charge in [0.2, 0.25) is 5.91 Å². The van der Waals surface area contributed by atoms with Crippen molar-refractivity contribution in [2.24, 2.45) is 0 Å². The second kappa shape index (κ2) is 11.5. The van der Waals surface area contributed by atoms with Crippen molar-refractivity contribution in [1.82, 2.24) is 20.1 Å². The van der Waals surface area contributed by atoms with Crippen molar-refractivity contribution >= 4 is 46.7 Å². The summed E-state index contributed by atoms with van der Waals surface area (Å²) in [6.07, 6.45) is 2.21. The summed E-state index contributed by atoms with van der Waals surface area (Å²) in [6.45, 7) is 4.10. The first kappa shape index (κ1) is 24.3. The fraction of sp³-hybridized carbons (Fsp3) is 0.304. The molecule has 1 N–H and O–H groups in total. The highest BCUT2D eigenvalue weighted by atomic mass is 35.5. The number of ketones is 1. The van der Waals surface area contributed by atoms with Crippen molar-refractivity contribution in [2.75, 3.05) is 12.3 Å². The fourth-order valence-electron chi connectivity index (χ4n) is 3.13. The Bertz CT molecular complexity index is 1080. The van der Waals surface area contributed by atoms with Crippen molar-refractivity contribution in [2.45, 2.75) is 38.3 Å². The zero-order valence-electron chi connectivity index (χ0n) is 17.9. The predicted molar refractivity (Wildman–Crippen MR) is 129 cm³/mol. The van der Waals surface area contributed by atoms with Gasteiger partial charge < -0.3 is 5.32 Å². The Balaban J connectivity index is 1.80. The second-order valence-corrected chi connectivity index (χ2v) is 9.03. The van der Waals surface area contributed by atoms with Crippen LogP contribution in [0, 0.1) is 0 Å². The number of nitrogens with zero attached hydrogens (tertiary/aromatic N) is 3. The Hall–Kier alpha value is -2.35. The standard InChI is InChI=1S/C23H24Cl2N4O2S/c1-3-16-6-8-17(9-7-16)21(31)14-32-23-28-27-22(5-4-10-26-15(2)30)29(23)20-12-18(24)11-19(25)13-20/h6-9,11-13H,3-5,10,14H2,1-2H3,(H,26,30). The fourth-order valence-corrected chi connectivity index (χ4v) is 4.51. The van der Waals surface area contributed by atoms with Crippen LogP contribution in [0.1, 0.15) is 42.0 Å². The van der Waals surface area contributed by atoms with Gasteiger partial charge in [-0.1, -0.05) is 66.2 Å². The van der Waals surface area contributed by atoms with E-state index in [1.165, 1.54) is 24.2 Å². The highest BCUT2D eigenvalue weighted by molar-refractivity contribution is 7.99. The minimum atomic E-state index is -0.0742. The number of nitrogens with one attached hydrogen (secondary N) is 1. The molecule has 0 atom stereocenters. The SMILES string of the molecule is CCc1ccc(C(=O)CSc2nnc(CCCNC(C)=O)n2-c2cc(Cl)cc(Cl)c2)cc1. The molecule has 0 aliphatic heterocycles. The largest absolute Gasteiger partial charge is 0.356 e. The second-order valence-electron chi connectivity index (χ2n) is 7.21. The lowest BCUT2D eigenvalue weighted by Crippen LogP contribution is -2.21. The van der Waals surface area contributed by atoms with Crippen molar-refractivity contribution in [3.8, 4) is 5.69 Å². The van der Waals surface area contributed by atoms with Crippen molar-refractivity contribution in [3.63, 3.8) is 0 Å². The minimum absolute atomic E-state index is 0.0172. The van der Waals surface area contributed by atoms with E-state index in [-0.39, 0.29) is 17.4 Å². The predicted octanol–water partition coefficient (Wildman–Crippen LogP) is 5.18. The number of halogens is 2. The molecule has 0 aliphatic rings. The van der Waals surface area contributed by atoms with Crippen LogP contribution >= 0.6 is 35.0 Å². The third-order valence-corrected chi connectivity index (χ3v) is 6.14. The number of benzene rings is 2. The summed E-state index contributed by atoms with van der Waals surface area (Å²) in [4.78, 5) is 23.8. The van der Waals surface area contributed by atoms with E-state index in [0.29, 0.717) is 46.0 Å². The van der Waals surface area contributed by atoms with Gasteiger partial charge in [-0.3, -0.25) is 14.2 Å². The van der Waals surface area contributed by atoms with Gasteiger partial charge in [0.25, 0.3) is 0 Å². The Kier molecular flexibility index (Phi) is 8.73. The monoisotopic (exact) mass is 490 g/mol. The van der Waals surface area contributed by atoms with E-state index >= 15 is 0 Å². The van der Waals surface area contributed by atoms with Crippen molar-refractivity contribution in [1.29, 1.82) is 0 Å². The first-order chi connectivity index (χ1) is 15.4. The summed E-state index contributed by atoms with van der Waals surface area (Å²) < 4.78 is 1.86. The molecule has 0 saturated heterocycles. The summed E-state index contributed by atoms with van der Waals surface area (Å²) >= 11 is 13.8. The molecule has 1 aromatic heterocycles. The number of hydrogen-bond acceptors (Lipinski definition) is 5. The molecule has 0 saturated carbocycles. The smallest absolute Gasteiger partial charge is 0.216 e. The van der Waals surface area contributed by atoms with Gasteiger partial charge in [0.1, 0.15) is 5.82 Å². The molecule has 0 spiro atoms. The van der Waals surface area contributed by atoms with Crippen LogP contribution in [0.15, 0.2) is 47.6 Å². The average molecular weight is 491 g/mol. The summed E-state index contributed by atoms with van der Waals surface area (Å²) in [7, 11) is 0. The molecule has 1 heterocycles. The van der Waals surface area contributed by atoms with Crippen LogP contribution in [0.2, 0.25) is 10.0 Å². The maximum Gasteiger partial charge on any atom is 0.216 e. The van der Waals surface area contributed by atoms with Crippen molar-refractivity contribution in [3.05, 3.63) is 69.5 Å². The molecule has 0 radical (unpaired) electrons. The molecule has 32 heavy (non-hydrogen) atoms. The molecule has 9 heteroatoms. The van der Waals surface area contributed by atoms with Crippen LogP contribution in [0.25, 0.3) is 5.69 Å². The number of carbonyl (C=O) groups excluding carboxylic acids is 2. The van der Waals surface area contributed by atoms with Crippen molar-refractivity contribution < 1.29 is 9.59 Å². The normalized spacial score (nSPS) is 10.9. The third kappa shape index (κ3) is 6.58. The van der Waals surface area contributed by atoms with Crippen LogP contribution < -0.4 is 5.32 Å². The van der Waals surface area contributed by atoms with E-state index in [1.54, 1.807) is 18.2 Å². The molecule has 168 valence electrons. The van der Waals surface area contributed by atoms with E-state index < -0.39 is 0 Å².